The van der Waals surface area contributed by atoms with Gasteiger partial charge in [-0.15, -0.1) is 0 Å². The number of hydrogen-bond donors (Lipinski definition) is 2. The van der Waals surface area contributed by atoms with Crippen molar-refractivity contribution in [1.82, 2.24) is 10.2 Å². The maximum Gasteiger partial charge on any atom is 0.408 e. The number of nitrogens with zero attached hydrogens (tertiary/aromatic N) is 1. The second-order valence-corrected chi connectivity index (χ2v) is 15.9. The molecule has 0 spiro atoms. The van der Waals surface area contributed by atoms with E-state index >= 15 is 4.79 Å². The van der Waals surface area contributed by atoms with Crippen LogP contribution >= 0.6 is 0 Å². The molecule has 290 valence electrons. The van der Waals surface area contributed by atoms with Gasteiger partial charge in [0.15, 0.2) is 23.5 Å². The molecule has 4 unspecified atom stereocenters. The molecule has 3 heterocycles. The summed E-state index contributed by atoms with van der Waals surface area (Å²) in [6.45, 7) is 13.3. The zero-order valence-electron chi connectivity index (χ0n) is 32.5. The molecule has 13 nitrogen and oxygen atoms in total. The predicted octanol–water partition coefficient (Wildman–Crippen LogP) is 4.12. The number of alkyl carbamates (subject to hydrolysis) is 1. The third kappa shape index (κ3) is 7.99. The second-order valence-electron chi connectivity index (χ2n) is 15.9. The first-order valence-corrected chi connectivity index (χ1v) is 18.3. The lowest BCUT2D eigenvalue weighted by Gasteiger charge is -2.47. The molecule has 1 aromatic rings. The van der Waals surface area contributed by atoms with Crippen LogP contribution in [0.3, 0.4) is 0 Å². The van der Waals surface area contributed by atoms with Crippen molar-refractivity contribution in [1.29, 1.82) is 0 Å². The molecule has 13 heteroatoms. The zero-order valence-corrected chi connectivity index (χ0v) is 32.5. The normalized spacial score (nSPS) is 40.7. The van der Waals surface area contributed by atoms with Gasteiger partial charge in [-0.3, -0.25) is 19.2 Å². The van der Waals surface area contributed by atoms with Crippen LogP contribution in [0.25, 0.3) is 0 Å². The van der Waals surface area contributed by atoms with Gasteiger partial charge in [-0.05, 0) is 61.1 Å². The Balaban J connectivity index is 1.90. The van der Waals surface area contributed by atoms with E-state index in [4.69, 9.17) is 23.7 Å². The Morgan fingerprint density at radius 1 is 1.02 bits per heavy atom. The topological polar surface area (TPSA) is 167 Å². The second kappa shape index (κ2) is 16.0. The first-order chi connectivity index (χ1) is 24.2. The summed E-state index contributed by atoms with van der Waals surface area (Å²) in [5.41, 5.74) is -4.60. The molecule has 0 radical (unpaired) electrons. The average Bonchev–Trinajstić information content (AvgIpc) is 3.42. The molecule has 0 aromatic heterocycles. The number of ether oxygens (including phenoxy) is 5. The van der Waals surface area contributed by atoms with Crippen molar-refractivity contribution in [2.75, 3.05) is 21.2 Å². The van der Waals surface area contributed by atoms with E-state index in [2.05, 4.69) is 5.32 Å². The van der Waals surface area contributed by atoms with E-state index < -0.39 is 95.1 Å². The van der Waals surface area contributed by atoms with Crippen LogP contribution in [0.5, 0.6) is 0 Å². The molecule has 0 bridgehead atoms. The number of fused-ring (bicyclic) bond motifs is 1. The highest BCUT2D eigenvalue weighted by Gasteiger charge is 2.59. The zero-order chi connectivity index (χ0) is 38.9. The molecular weight excluding hydrogens is 672 g/mol. The summed E-state index contributed by atoms with van der Waals surface area (Å²) < 4.78 is 30.9. The van der Waals surface area contributed by atoms with E-state index in [1.807, 2.05) is 25.9 Å². The van der Waals surface area contributed by atoms with Gasteiger partial charge in [0.1, 0.15) is 23.4 Å². The van der Waals surface area contributed by atoms with Crippen molar-refractivity contribution >= 4 is 29.4 Å². The molecule has 4 rings (SSSR count). The molecule has 0 saturated carbocycles. The molecule has 52 heavy (non-hydrogen) atoms. The van der Waals surface area contributed by atoms with E-state index in [1.54, 1.807) is 71.9 Å². The minimum Gasteiger partial charge on any atom is -0.457 e. The third-order valence-corrected chi connectivity index (χ3v) is 11.7. The van der Waals surface area contributed by atoms with Crippen LogP contribution in [-0.2, 0) is 38.1 Å². The van der Waals surface area contributed by atoms with Gasteiger partial charge >= 0.3 is 12.1 Å². The van der Waals surface area contributed by atoms with Crippen LogP contribution in [0, 0.1) is 23.2 Å². The number of cyclic esters (lactones) is 1. The highest BCUT2D eigenvalue weighted by molar-refractivity contribution is 6.10. The molecule has 0 aliphatic carbocycles. The maximum absolute atomic E-state index is 15.1. The highest BCUT2D eigenvalue weighted by Crippen LogP contribution is 2.43. The van der Waals surface area contributed by atoms with Gasteiger partial charge in [-0.25, -0.2) is 4.79 Å². The summed E-state index contributed by atoms with van der Waals surface area (Å²) in [5, 5.41) is 14.3. The van der Waals surface area contributed by atoms with Crippen molar-refractivity contribution in [2.24, 2.45) is 23.2 Å². The number of aliphatic hydroxyl groups is 1. The molecule has 3 fully saturated rings. The number of carbonyl (C=O) groups excluding carboxylic acids is 5. The number of likely N-dealkylation sites (N-methyl/N-ethyl adjacent to an activating group) is 1. The SMILES string of the molecule is CC[C@H]1OC(=O)C(C)(CC(=O)c2ccccc2)C(=O)[C@H](C)[C@@H](OC2O[C@H](C)C[C@H](N(C)C)[C@H]2O)[C@@](C)(OC)C[C@@H](C)C(=O)[C@H](C)C2NC(=O)OC21C. The summed E-state index contributed by atoms with van der Waals surface area (Å²) in [4.78, 5) is 72.4. The van der Waals surface area contributed by atoms with E-state index in [9.17, 15) is 24.3 Å². The number of aliphatic hydroxyl groups excluding tert-OH is 1. The molecular formula is C39H58N2O11. The van der Waals surface area contributed by atoms with Crippen LogP contribution in [0.4, 0.5) is 4.79 Å². The van der Waals surface area contributed by atoms with Crippen LogP contribution in [0.2, 0.25) is 0 Å². The molecule has 3 aliphatic rings. The summed E-state index contributed by atoms with van der Waals surface area (Å²) in [6.07, 6.45) is -5.44. The molecule has 1 aromatic carbocycles. The number of amides is 1. The van der Waals surface area contributed by atoms with E-state index in [1.165, 1.54) is 14.0 Å². The first kappa shape index (κ1) is 41.5. The van der Waals surface area contributed by atoms with E-state index in [0.717, 1.165) is 0 Å². The van der Waals surface area contributed by atoms with Crippen molar-refractivity contribution in [3.05, 3.63) is 35.9 Å². The van der Waals surface area contributed by atoms with Gasteiger partial charge in [0.2, 0.25) is 0 Å². The van der Waals surface area contributed by atoms with Gasteiger partial charge in [0.05, 0.1) is 23.9 Å². The molecule has 13 atom stereocenters. The number of methoxy groups -OCH3 is 1. The molecule has 3 aliphatic heterocycles. The van der Waals surface area contributed by atoms with E-state index in [0.29, 0.717) is 12.0 Å². The smallest absolute Gasteiger partial charge is 0.408 e. The summed E-state index contributed by atoms with van der Waals surface area (Å²) >= 11 is 0. The van der Waals surface area contributed by atoms with Crippen molar-refractivity contribution in [3.63, 3.8) is 0 Å². The van der Waals surface area contributed by atoms with Crippen molar-refractivity contribution in [2.45, 2.75) is 135 Å². The quantitative estimate of drug-likeness (QED) is 0.224. The Kier molecular flexibility index (Phi) is 12.8. The fraction of sp³-hybridized carbons (Fsp3) is 0.718. The number of benzene rings is 1. The van der Waals surface area contributed by atoms with E-state index in [-0.39, 0.29) is 30.8 Å². The highest BCUT2D eigenvalue weighted by atomic mass is 16.7. The van der Waals surface area contributed by atoms with Crippen LogP contribution < -0.4 is 5.32 Å². The molecule has 3 saturated heterocycles. The number of ketones is 3. The maximum atomic E-state index is 15.1. The molecule has 1 amide bonds. The van der Waals surface area contributed by atoms with Crippen molar-refractivity contribution < 1.29 is 52.8 Å². The Labute approximate surface area is 307 Å². The Morgan fingerprint density at radius 2 is 1.65 bits per heavy atom. The standard InChI is InChI=1S/C39H58N2O11/c1-12-28-39(8)31(40-36(47)52-39)23(4)29(43)21(2)19-38(7,48-11)33(51-34-30(44)26(41(9)10)18-22(3)49-34)24(5)32(45)37(6,35(46)50-28)20-27(42)25-16-14-13-15-17-25/h13-17,21-24,26,28,30-31,33-34,44H,12,18-20H2,1-11H3,(H,40,47)/t21-,22-,23+,24+,26+,28-,30-,31?,33-,34?,37?,38+,39?/m1/s1. The Morgan fingerprint density at radius 3 is 2.23 bits per heavy atom. The number of nitrogens with one attached hydrogen (secondary N) is 1. The minimum absolute atomic E-state index is 0.0595. The first-order valence-electron chi connectivity index (χ1n) is 18.3. The predicted molar refractivity (Wildman–Crippen MR) is 190 cm³/mol. The van der Waals surface area contributed by atoms with Crippen LogP contribution in [0.1, 0.15) is 91.4 Å². The third-order valence-electron chi connectivity index (χ3n) is 11.7. The van der Waals surface area contributed by atoms with Gasteiger partial charge in [0.25, 0.3) is 0 Å². The Bertz CT molecular complexity index is 1490. The molecule has 2 N–H and O–H groups in total. The fourth-order valence-electron chi connectivity index (χ4n) is 8.49. The minimum atomic E-state index is -2.05. The van der Waals surface area contributed by atoms with Gasteiger partial charge in [0, 0.05) is 42.9 Å². The van der Waals surface area contributed by atoms with Gasteiger partial charge < -0.3 is 39.0 Å². The van der Waals surface area contributed by atoms with Gasteiger partial charge in [-0.1, -0.05) is 58.0 Å². The lowest BCUT2D eigenvalue weighted by atomic mass is 9.69. The summed E-state index contributed by atoms with van der Waals surface area (Å²) in [5.74, 6) is -4.96. The fourth-order valence-corrected chi connectivity index (χ4v) is 8.49. The van der Waals surface area contributed by atoms with Crippen LogP contribution in [-0.4, -0.2) is 115 Å². The Hall–Kier alpha value is -3.23. The van der Waals surface area contributed by atoms with Gasteiger partial charge in [-0.2, -0.15) is 0 Å². The lowest BCUT2D eigenvalue weighted by molar-refractivity contribution is -0.295. The van der Waals surface area contributed by atoms with Crippen LogP contribution in [0.15, 0.2) is 30.3 Å². The lowest BCUT2D eigenvalue weighted by Crippen LogP contribution is -2.61. The number of esters is 1. The van der Waals surface area contributed by atoms with Crippen molar-refractivity contribution in [3.8, 4) is 0 Å². The number of carbonyl (C=O) groups is 5. The summed E-state index contributed by atoms with van der Waals surface area (Å²) in [6, 6.07) is 7.13. The average molecular weight is 731 g/mol. The monoisotopic (exact) mass is 730 g/mol. The number of rotatable bonds is 8. The largest absolute Gasteiger partial charge is 0.457 e. The number of Topliss-reactive ketones (excluding diaryl/α,β-unsaturated/α-hetero) is 3. The number of hydrogen-bond acceptors (Lipinski definition) is 12. The summed E-state index contributed by atoms with van der Waals surface area (Å²) in [7, 11) is 5.14.